The maximum absolute atomic E-state index is 13.8. The largest absolute Gasteiger partial charge is 0.387 e. The summed E-state index contributed by atoms with van der Waals surface area (Å²) in [5.74, 6) is 0.0226. The molecule has 8 heteroatoms. The fourth-order valence-electron chi connectivity index (χ4n) is 3.96. The Balaban J connectivity index is 0.000000810. The zero-order valence-electron chi connectivity index (χ0n) is 23.9. The fourth-order valence-corrected chi connectivity index (χ4v) is 6.45. The van der Waals surface area contributed by atoms with Gasteiger partial charge in [-0.1, -0.05) is 78.5 Å². The number of amides is 1. The van der Waals surface area contributed by atoms with Gasteiger partial charge in [0, 0.05) is 41.3 Å². The quantitative estimate of drug-likeness (QED) is 0.277. The molecule has 0 saturated carbocycles. The number of allylic oxidation sites excluding steroid dienone is 4. The third-order valence-corrected chi connectivity index (χ3v) is 8.89. The molecule has 2 heterocycles. The van der Waals surface area contributed by atoms with Crippen LogP contribution in [0.4, 0.5) is 0 Å². The lowest BCUT2D eigenvalue weighted by Crippen LogP contribution is -2.30. The van der Waals surface area contributed by atoms with Crippen LogP contribution in [0.3, 0.4) is 0 Å². The summed E-state index contributed by atoms with van der Waals surface area (Å²) in [7, 11) is 2.09. The summed E-state index contributed by atoms with van der Waals surface area (Å²) >= 11 is 3.20. The van der Waals surface area contributed by atoms with Gasteiger partial charge in [-0.3, -0.25) is 9.69 Å². The summed E-state index contributed by atoms with van der Waals surface area (Å²) in [5, 5.41) is 11.8. The van der Waals surface area contributed by atoms with Gasteiger partial charge in [-0.2, -0.15) is 5.26 Å². The van der Waals surface area contributed by atoms with Crippen LogP contribution >= 0.6 is 23.5 Å². The first kappa shape index (κ1) is 30.9. The minimum absolute atomic E-state index is 0.0226. The van der Waals surface area contributed by atoms with E-state index >= 15 is 0 Å². The molecule has 6 nitrogen and oxygen atoms in total. The van der Waals surface area contributed by atoms with Crippen molar-refractivity contribution in [2.45, 2.75) is 40.7 Å². The Morgan fingerprint density at radius 1 is 1.10 bits per heavy atom. The number of aliphatic imine (C=N–C) groups is 1. The minimum atomic E-state index is 0.0226. The molecule has 2 aromatic rings. The number of amidine groups is 1. The van der Waals surface area contributed by atoms with Crippen LogP contribution in [0.1, 0.15) is 45.2 Å². The summed E-state index contributed by atoms with van der Waals surface area (Å²) < 4.78 is 0. The van der Waals surface area contributed by atoms with Crippen molar-refractivity contribution in [3.63, 3.8) is 0 Å². The highest BCUT2D eigenvalue weighted by Crippen LogP contribution is 2.47. The summed E-state index contributed by atoms with van der Waals surface area (Å²) in [6.07, 6.45) is 2.03. The van der Waals surface area contributed by atoms with Crippen molar-refractivity contribution in [3.8, 4) is 6.07 Å². The lowest BCUT2D eigenvalue weighted by atomic mass is 10.2. The van der Waals surface area contributed by atoms with Gasteiger partial charge >= 0.3 is 0 Å². The number of carbonyl (C=O) groups is 1. The van der Waals surface area contributed by atoms with Gasteiger partial charge in [-0.15, -0.1) is 6.58 Å². The molecule has 2 aliphatic heterocycles. The smallest absolute Gasteiger partial charge is 0.267 e. The zero-order chi connectivity index (χ0) is 29.1. The number of rotatable bonds is 7. The third kappa shape index (κ3) is 7.93. The van der Waals surface area contributed by atoms with Gasteiger partial charge in [0.1, 0.15) is 0 Å². The highest BCUT2D eigenvalue weighted by atomic mass is 32.2. The Labute approximate surface area is 247 Å². The average molecular weight is 572 g/mol. The van der Waals surface area contributed by atoms with Crippen molar-refractivity contribution in [2.75, 3.05) is 20.1 Å². The van der Waals surface area contributed by atoms with Crippen LogP contribution in [0, 0.1) is 11.3 Å². The van der Waals surface area contributed by atoms with E-state index < -0.39 is 0 Å². The molecule has 1 amide bonds. The van der Waals surface area contributed by atoms with Crippen molar-refractivity contribution in [1.29, 1.82) is 5.26 Å². The molecule has 0 aliphatic carbocycles. The molecule has 4 rings (SSSR count). The number of nitriles is 1. The summed E-state index contributed by atoms with van der Waals surface area (Å²) in [5.41, 5.74) is 5.38. The van der Waals surface area contributed by atoms with E-state index in [0.29, 0.717) is 19.5 Å². The summed E-state index contributed by atoms with van der Waals surface area (Å²) in [6.45, 7) is 13.6. The number of carbonyl (C=O) groups excluding carboxylic acids is 1. The first-order valence-electron chi connectivity index (χ1n) is 13.2. The van der Waals surface area contributed by atoms with E-state index in [2.05, 4.69) is 74.1 Å². The molecule has 1 saturated heterocycles. The molecule has 2 aromatic carbocycles. The van der Waals surface area contributed by atoms with Crippen molar-refractivity contribution >= 4 is 39.5 Å². The Hall–Kier alpha value is -3.67. The first-order chi connectivity index (χ1) is 19.3. The van der Waals surface area contributed by atoms with Crippen LogP contribution in [0.5, 0.6) is 0 Å². The second-order valence-electron chi connectivity index (χ2n) is 9.26. The Morgan fingerprint density at radius 3 is 2.33 bits per heavy atom. The number of nitrogens with zero attached hydrogens (tertiary/aromatic N) is 4. The van der Waals surface area contributed by atoms with E-state index in [1.807, 2.05) is 49.1 Å². The van der Waals surface area contributed by atoms with E-state index in [1.54, 1.807) is 17.8 Å². The van der Waals surface area contributed by atoms with E-state index in [1.165, 1.54) is 27.9 Å². The third-order valence-electron chi connectivity index (χ3n) is 6.33. The van der Waals surface area contributed by atoms with Crippen LogP contribution in [0.25, 0.3) is 4.91 Å². The maximum atomic E-state index is 13.8. The molecule has 40 heavy (non-hydrogen) atoms. The van der Waals surface area contributed by atoms with Gasteiger partial charge in [0.05, 0.1) is 29.6 Å². The monoisotopic (exact) mass is 571 g/mol. The van der Waals surface area contributed by atoms with Gasteiger partial charge in [-0.25, -0.2) is 4.99 Å². The van der Waals surface area contributed by atoms with Crippen LogP contribution in [0.2, 0.25) is 0 Å². The molecule has 0 unspecified atom stereocenters. The van der Waals surface area contributed by atoms with Gasteiger partial charge in [0.15, 0.2) is 5.17 Å². The molecule has 0 spiro atoms. The second-order valence-corrected chi connectivity index (χ2v) is 11.3. The zero-order valence-corrected chi connectivity index (χ0v) is 25.5. The van der Waals surface area contributed by atoms with Gasteiger partial charge in [0.2, 0.25) is 0 Å². The number of benzene rings is 2. The van der Waals surface area contributed by atoms with Crippen molar-refractivity contribution in [1.82, 2.24) is 15.1 Å². The topological polar surface area (TPSA) is 71.7 Å². The van der Waals surface area contributed by atoms with Crippen LogP contribution in [0.15, 0.2) is 105 Å². The molecule has 1 fully saturated rings. The highest BCUT2D eigenvalue weighted by molar-refractivity contribution is 8.20. The van der Waals surface area contributed by atoms with Gasteiger partial charge in [-0.05, 0) is 50.6 Å². The molecule has 0 atom stereocenters. The van der Waals surface area contributed by atoms with Gasteiger partial charge < -0.3 is 10.2 Å². The Morgan fingerprint density at radius 2 is 1.75 bits per heavy atom. The van der Waals surface area contributed by atoms with E-state index in [4.69, 9.17) is 10.3 Å². The normalized spacial score (nSPS) is 18.7. The Kier molecular flexibility index (Phi) is 11.7. The average Bonchev–Trinajstić information content (AvgIpc) is 3.26. The molecule has 0 bridgehead atoms. The fraction of sp³-hybridized carbons (Fsp3) is 0.281. The standard InChI is InChI=1S/C28H32N4OS2.C4H5N/c1-6-29-19(2)20(3)30-28-32(17-22-13-9-7-10-14-22)27(33)26(35-28)24-18-31(5)21(4)25(34-24)23-15-11-8-12-16-23;1-2-3-4-5/h7-16,29H,6,17-18H2,1-5H3;2H,1,3H2/b20-19-,26-24-,30-28?;. The molecular formula is C32H37N5OS2. The molecular weight excluding hydrogens is 535 g/mol. The van der Waals surface area contributed by atoms with Crippen molar-refractivity contribution in [2.24, 2.45) is 4.99 Å². The van der Waals surface area contributed by atoms with Crippen LogP contribution in [-0.2, 0) is 11.3 Å². The van der Waals surface area contributed by atoms with Gasteiger partial charge in [0.25, 0.3) is 5.91 Å². The highest BCUT2D eigenvalue weighted by Gasteiger charge is 2.37. The number of likely N-dealkylation sites (N-methyl/N-ethyl adjacent to an activating group) is 1. The van der Waals surface area contributed by atoms with E-state index in [-0.39, 0.29) is 5.91 Å². The number of nitrogens with one attached hydrogen (secondary N) is 1. The van der Waals surface area contributed by atoms with Crippen molar-refractivity contribution < 1.29 is 4.79 Å². The van der Waals surface area contributed by atoms with Crippen LogP contribution < -0.4 is 5.32 Å². The number of hydrogen-bond acceptors (Lipinski definition) is 7. The molecule has 208 valence electrons. The minimum Gasteiger partial charge on any atom is -0.387 e. The number of thioether (sulfide) groups is 2. The predicted molar refractivity (Wildman–Crippen MR) is 171 cm³/mol. The lowest BCUT2D eigenvalue weighted by Gasteiger charge is -2.30. The predicted octanol–water partition coefficient (Wildman–Crippen LogP) is 7.34. The summed E-state index contributed by atoms with van der Waals surface area (Å²) in [6, 6.07) is 22.4. The molecule has 2 aliphatic rings. The van der Waals surface area contributed by atoms with E-state index in [9.17, 15) is 4.79 Å². The van der Waals surface area contributed by atoms with E-state index in [0.717, 1.165) is 38.5 Å². The molecule has 0 radical (unpaired) electrons. The maximum Gasteiger partial charge on any atom is 0.267 e. The first-order valence-corrected chi connectivity index (χ1v) is 14.8. The van der Waals surface area contributed by atoms with Crippen molar-refractivity contribution in [3.05, 3.63) is 111 Å². The SMILES string of the molecule is C=CCC#N.CCN/C(C)=C(/C)N=C1S/C(=C2/CN(C)C(C)=C(c3ccccc3)S2)C(=O)N1Cc1ccccc1. The second kappa shape index (κ2) is 15.2. The number of hydrogen-bond donors (Lipinski definition) is 1. The molecule has 0 aromatic heterocycles. The van der Waals surface area contributed by atoms with Crippen LogP contribution in [-0.4, -0.2) is 41.0 Å². The Bertz CT molecular complexity index is 1370. The lowest BCUT2D eigenvalue weighted by molar-refractivity contribution is -0.122. The summed E-state index contributed by atoms with van der Waals surface area (Å²) in [4.78, 5) is 25.8. The molecule has 1 N–H and O–H groups in total.